The van der Waals surface area contributed by atoms with Crippen LogP contribution in [0.3, 0.4) is 0 Å². The molecule has 2 nitrogen and oxygen atoms in total. The van der Waals surface area contributed by atoms with Gasteiger partial charge in [-0.1, -0.05) is 44.2 Å². The zero-order valence-electron chi connectivity index (χ0n) is 15.1. The second-order valence-electron chi connectivity index (χ2n) is 7.95. The van der Waals surface area contributed by atoms with E-state index in [1.807, 2.05) is 0 Å². The summed E-state index contributed by atoms with van der Waals surface area (Å²) >= 11 is 0. The van der Waals surface area contributed by atoms with Crippen LogP contribution >= 0.6 is 0 Å². The molecule has 0 aromatic heterocycles. The van der Waals surface area contributed by atoms with Gasteiger partial charge in [-0.25, -0.2) is 0 Å². The van der Waals surface area contributed by atoms with Crippen molar-refractivity contribution in [2.24, 2.45) is 11.8 Å². The standard InChI is InChI=1S/C21H28BNO/c1-13(2)14-9-10-19-17(12-14)21-16(7-5-11-24-21)20(23-19)15-6-3-4-8-18(15)22/h3-4,8-10,12-13,15-16,20-21,23H,5-7,11,22H2,1-2H3/t15?,16-,20-,21-/m0/s1. The van der Waals surface area contributed by atoms with E-state index < -0.39 is 0 Å². The zero-order valence-corrected chi connectivity index (χ0v) is 15.1. The van der Waals surface area contributed by atoms with Crippen molar-refractivity contribution in [3.05, 3.63) is 53.0 Å². The van der Waals surface area contributed by atoms with Gasteiger partial charge >= 0.3 is 0 Å². The fourth-order valence-electron chi connectivity index (χ4n) is 4.67. The van der Waals surface area contributed by atoms with Crippen LogP contribution in [0.2, 0.25) is 0 Å². The summed E-state index contributed by atoms with van der Waals surface area (Å²) < 4.78 is 6.32. The molecule has 0 spiro atoms. The van der Waals surface area contributed by atoms with Crippen LogP contribution in [0.4, 0.5) is 5.69 Å². The Kier molecular flexibility index (Phi) is 4.30. The molecule has 1 unspecified atom stereocenters. The highest BCUT2D eigenvalue weighted by molar-refractivity contribution is 6.22. The Morgan fingerprint density at radius 1 is 1.29 bits per heavy atom. The number of benzene rings is 1. The molecule has 1 aromatic carbocycles. The van der Waals surface area contributed by atoms with Gasteiger partial charge < -0.3 is 10.1 Å². The van der Waals surface area contributed by atoms with Crippen LogP contribution < -0.4 is 5.32 Å². The van der Waals surface area contributed by atoms with Gasteiger partial charge in [0.1, 0.15) is 7.85 Å². The van der Waals surface area contributed by atoms with Gasteiger partial charge in [0.05, 0.1) is 6.10 Å². The maximum Gasteiger partial charge on any atom is 0.134 e. The largest absolute Gasteiger partial charge is 0.381 e. The van der Waals surface area contributed by atoms with Gasteiger partial charge in [-0.3, -0.25) is 0 Å². The Labute approximate surface area is 146 Å². The fourth-order valence-corrected chi connectivity index (χ4v) is 4.67. The smallest absolute Gasteiger partial charge is 0.134 e. The minimum Gasteiger partial charge on any atom is -0.381 e. The molecule has 2 heterocycles. The lowest BCUT2D eigenvalue weighted by Crippen LogP contribution is -2.46. The number of rotatable bonds is 2. The summed E-state index contributed by atoms with van der Waals surface area (Å²) in [6, 6.07) is 7.42. The molecule has 2 aliphatic heterocycles. The number of allylic oxidation sites excluding steroid dienone is 3. The van der Waals surface area contributed by atoms with Crippen molar-refractivity contribution < 1.29 is 4.74 Å². The van der Waals surface area contributed by atoms with Crippen LogP contribution in [0, 0.1) is 11.8 Å². The van der Waals surface area contributed by atoms with E-state index in [0.29, 0.717) is 23.8 Å². The average Bonchev–Trinajstić information content (AvgIpc) is 2.61. The molecule has 1 saturated heterocycles. The highest BCUT2D eigenvalue weighted by Gasteiger charge is 2.42. The summed E-state index contributed by atoms with van der Waals surface area (Å²) in [5.74, 6) is 1.72. The van der Waals surface area contributed by atoms with Crippen LogP contribution in [-0.2, 0) is 4.74 Å². The van der Waals surface area contributed by atoms with Crippen LogP contribution in [0.1, 0.15) is 56.3 Å². The summed E-state index contributed by atoms with van der Waals surface area (Å²) in [4.78, 5) is 0. The molecule has 3 aliphatic rings. The first-order chi connectivity index (χ1) is 11.6. The zero-order chi connectivity index (χ0) is 16.7. The topological polar surface area (TPSA) is 21.3 Å². The third-order valence-corrected chi connectivity index (χ3v) is 6.10. The van der Waals surface area contributed by atoms with Crippen molar-refractivity contribution in [3.8, 4) is 0 Å². The van der Waals surface area contributed by atoms with E-state index in [-0.39, 0.29) is 6.10 Å². The molecule has 24 heavy (non-hydrogen) atoms. The third-order valence-electron chi connectivity index (χ3n) is 6.10. The maximum absolute atomic E-state index is 6.32. The molecule has 0 amide bonds. The summed E-state index contributed by atoms with van der Waals surface area (Å²) in [5.41, 5.74) is 5.59. The Morgan fingerprint density at radius 2 is 2.17 bits per heavy atom. The van der Waals surface area contributed by atoms with Crippen LogP contribution in [0.25, 0.3) is 0 Å². The predicted octanol–water partition coefficient (Wildman–Crippen LogP) is 4.16. The molecule has 126 valence electrons. The lowest BCUT2D eigenvalue weighted by atomic mass is 9.67. The SMILES string of the molecule is BC1=CC=CCC1[C@@H]1Nc2ccc(C(C)C)cc2[C@H]2OCCC[C@H]21. The van der Waals surface area contributed by atoms with E-state index in [0.717, 1.165) is 13.0 Å². The molecule has 1 aromatic rings. The van der Waals surface area contributed by atoms with Crippen molar-refractivity contribution in [2.75, 3.05) is 11.9 Å². The van der Waals surface area contributed by atoms with E-state index in [4.69, 9.17) is 4.74 Å². The van der Waals surface area contributed by atoms with Crippen LogP contribution in [0.15, 0.2) is 41.9 Å². The summed E-state index contributed by atoms with van der Waals surface area (Å²) in [6.45, 7) is 5.43. The van der Waals surface area contributed by atoms with E-state index in [2.05, 4.69) is 63.4 Å². The van der Waals surface area contributed by atoms with E-state index in [1.54, 1.807) is 0 Å². The first-order valence-electron chi connectivity index (χ1n) is 9.50. The minimum absolute atomic E-state index is 0.261. The lowest BCUT2D eigenvalue weighted by molar-refractivity contribution is -0.0420. The first kappa shape index (κ1) is 16.0. The molecule has 4 rings (SSSR count). The van der Waals surface area contributed by atoms with Gasteiger partial charge in [0.15, 0.2) is 0 Å². The predicted molar refractivity (Wildman–Crippen MR) is 103 cm³/mol. The Bertz CT molecular complexity index is 678. The van der Waals surface area contributed by atoms with Crippen molar-refractivity contribution >= 4 is 13.5 Å². The molecule has 0 bridgehead atoms. The number of hydrogen-bond donors (Lipinski definition) is 1. The Balaban J connectivity index is 1.72. The summed E-state index contributed by atoms with van der Waals surface area (Å²) in [7, 11) is 2.28. The van der Waals surface area contributed by atoms with Crippen molar-refractivity contribution in [2.45, 2.75) is 51.2 Å². The number of anilines is 1. The number of nitrogens with one attached hydrogen (secondary N) is 1. The Hall–Kier alpha value is -1.48. The van der Waals surface area contributed by atoms with Crippen LogP contribution in [-0.4, -0.2) is 20.5 Å². The quantitative estimate of drug-likeness (QED) is 0.826. The number of hydrogen-bond acceptors (Lipinski definition) is 2. The molecule has 1 N–H and O–H groups in total. The second kappa shape index (κ2) is 6.44. The van der Waals surface area contributed by atoms with Crippen LogP contribution in [0.5, 0.6) is 0 Å². The van der Waals surface area contributed by atoms with Crippen molar-refractivity contribution in [1.29, 1.82) is 0 Å². The molecule has 0 saturated carbocycles. The molecular weight excluding hydrogens is 293 g/mol. The average molecular weight is 321 g/mol. The van der Waals surface area contributed by atoms with Gasteiger partial charge in [-0.05, 0) is 42.7 Å². The van der Waals surface area contributed by atoms with E-state index >= 15 is 0 Å². The molecule has 0 radical (unpaired) electrons. The van der Waals surface area contributed by atoms with Gasteiger partial charge in [0, 0.05) is 29.8 Å². The first-order valence-corrected chi connectivity index (χ1v) is 9.50. The molecular formula is C21H28BNO. The van der Waals surface area contributed by atoms with Gasteiger partial charge in [-0.15, -0.1) is 5.47 Å². The second-order valence-corrected chi connectivity index (χ2v) is 7.95. The number of fused-ring (bicyclic) bond motifs is 3. The molecule has 3 heteroatoms. The lowest BCUT2D eigenvalue weighted by Gasteiger charge is -2.47. The fraction of sp³-hybridized carbons (Fsp3) is 0.524. The third kappa shape index (κ3) is 2.73. The Morgan fingerprint density at radius 3 is 2.96 bits per heavy atom. The van der Waals surface area contributed by atoms with Crippen molar-refractivity contribution in [1.82, 2.24) is 0 Å². The monoisotopic (exact) mass is 321 g/mol. The van der Waals surface area contributed by atoms with E-state index in [9.17, 15) is 0 Å². The minimum atomic E-state index is 0.261. The summed E-state index contributed by atoms with van der Waals surface area (Å²) in [6.07, 6.45) is 10.7. The van der Waals surface area contributed by atoms with Crippen molar-refractivity contribution in [3.63, 3.8) is 0 Å². The molecule has 4 atom stereocenters. The maximum atomic E-state index is 6.32. The highest BCUT2D eigenvalue weighted by Crippen LogP contribution is 2.47. The van der Waals surface area contributed by atoms with E-state index in [1.165, 1.54) is 35.1 Å². The normalized spacial score (nSPS) is 31.9. The van der Waals surface area contributed by atoms with Gasteiger partial charge in [-0.2, -0.15) is 0 Å². The van der Waals surface area contributed by atoms with Gasteiger partial charge in [0.25, 0.3) is 0 Å². The highest BCUT2D eigenvalue weighted by atomic mass is 16.5. The summed E-state index contributed by atoms with van der Waals surface area (Å²) in [5, 5.41) is 3.91. The number of ether oxygens (including phenoxy) is 1. The van der Waals surface area contributed by atoms with Gasteiger partial charge in [0.2, 0.25) is 0 Å². The molecule has 1 fully saturated rings. The molecule has 1 aliphatic carbocycles.